The molecular weight excluding hydrogens is 250 g/mol. The molecular formula is C13H17NO3S. The van der Waals surface area contributed by atoms with Gasteiger partial charge in [-0.2, -0.15) is 0 Å². The SMILES string of the molecule is COC(=O)[C@H](NC(C)=O)[C@H](C)Sc1ccccc1. The van der Waals surface area contributed by atoms with Crippen LogP contribution < -0.4 is 5.32 Å². The Morgan fingerprint density at radius 2 is 1.89 bits per heavy atom. The molecule has 0 radical (unpaired) electrons. The molecule has 2 atom stereocenters. The van der Waals surface area contributed by atoms with Gasteiger partial charge in [-0.25, -0.2) is 4.79 Å². The van der Waals surface area contributed by atoms with Crippen molar-refractivity contribution in [3.63, 3.8) is 0 Å². The molecule has 0 aliphatic carbocycles. The molecule has 1 N–H and O–H groups in total. The molecule has 0 spiro atoms. The molecule has 18 heavy (non-hydrogen) atoms. The fourth-order valence-electron chi connectivity index (χ4n) is 1.50. The van der Waals surface area contributed by atoms with Gasteiger partial charge in [0.15, 0.2) is 0 Å². The number of esters is 1. The number of benzene rings is 1. The number of amides is 1. The third kappa shape index (κ3) is 4.41. The van der Waals surface area contributed by atoms with Crippen LogP contribution in [0.2, 0.25) is 0 Å². The predicted octanol–water partition coefficient (Wildman–Crippen LogP) is 1.84. The van der Waals surface area contributed by atoms with Crippen LogP contribution in [0.5, 0.6) is 0 Å². The summed E-state index contributed by atoms with van der Waals surface area (Å²) in [5.74, 6) is -0.674. The number of thioether (sulfide) groups is 1. The average molecular weight is 267 g/mol. The first-order chi connectivity index (χ1) is 8.54. The second-order valence-corrected chi connectivity index (χ2v) is 5.29. The highest BCUT2D eigenvalue weighted by atomic mass is 32.2. The van der Waals surface area contributed by atoms with Gasteiger partial charge < -0.3 is 10.1 Å². The van der Waals surface area contributed by atoms with Crippen LogP contribution in [0.25, 0.3) is 0 Å². The lowest BCUT2D eigenvalue weighted by Gasteiger charge is -2.21. The lowest BCUT2D eigenvalue weighted by molar-refractivity contribution is -0.144. The van der Waals surface area contributed by atoms with Crippen molar-refractivity contribution in [2.45, 2.75) is 30.0 Å². The van der Waals surface area contributed by atoms with E-state index in [9.17, 15) is 9.59 Å². The Labute approximate surface area is 111 Å². The second kappa shape index (κ2) is 7.06. The zero-order valence-electron chi connectivity index (χ0n) is 10.7. The van der Waals surface area contributed by atoms with E-state index in [2.05, 4.69) is 5.32 Å². The first-order valence-corrected chi connectivity index (χ1v) is 6.49. The molecule has 0 aliphatic rings. The zero-order chi connectivity index (χ0) is 13.5. The van der Waals surface area contributed by atoms with Crippen LogP contribution in [0.15, 0.2) is 35.2 Å². The minimum Gasteiger partial charge on any atom is -0.467 e. The molecule has 0 unspecified atom stereocenters. The first-order valence-electron chi connectivity index (χ1n) is 5.61. The summed E-state index contributed by atoms with van der Waals surface area (Å²) in [4.78, 5) is 23.8. The van der Waals surface area contributed by atoms with Crippen molar-refractivity contribution in [3.8, 4) is 0 Å². The lowest BCUT2D eigenvalue weighted by Crippen LogP contribution is -2.46. The Balaban J connectivity index is 2.73. The molecule has 0 aromatic heterocycles. The predicted molar refractivity (Wildman–Crippen MR) is 71.4 cm³/mol. The molecule has 1 aromatic rings. The van der Waals surface area contributed by atoms with Crippen molar-refractivity contribution >= 4 is 23.6 Å². The van der Waals surface area contributed by atoms with E-state index in [1.165, 1.54) is 25.8 Å². The van der Waals surface area contributed by atoms with Crippen molar-refractivity contribution < 1.29 is 14.3 Å². The smallest absolute Gasteiger partial charge is 0.329 e. The topological polar surface area (TPSA) is 55.4 Å². The first kappa shape index (κ1) is 14.6. The van der Waals surface area contributed by atoms with Crippen LogP contribution in [-0.2, 0) is 14.3 Å². The molecule has 1 rings (SSSR count). The van der Waals surface area contributed by atoms with Gasteiger partial charge in [0, 0.05) is 17.1 Å². The number of carbonyl (C=O) groups is 2. The van der Waals surface area contributed by atoms with Crippen LogP contribution in [0.4, 0.5) is 0 Å². The number of hydrogen-bond donors (Lipinski definition) is 1. The highest BCUT2D eigenvalue weighted by Crippen LogP contribution is 2.25. The van der Waals surface area contributed by atoms with Gasteiger partial charge in [-0.05, 0) is 12.1 Å². The van der Waals surface area contributed by atoms with Gasteiger partial charge in [-0.15, -0.1) is 11.8 Å². The molecule has 1 aromatic carbocycles. The van der Waals surface area contributed by atoms with E-state index in [1.54, 1.807) is 0 Å². The number of nitrogens with one attached hydrogen (secondary N) is 1. The number of ether oxygens (including phenoxy) is 1. The Morgan fingerprint density at radius 3 is 2.39 bits per heavy atom. The van der Waals surface area contributed by atoms with Crippen LogP contribution in [0, 0.1) is 0 Å². The highest BCUT2D eigenvalue weighted by Gasteiger charge is 2.27. The molecule has 0 bridgehead atoms. The number of hydrogen-bond acceptors (Lipinski definition) is 4. The summed E-state index contributed by atoms with van der Waals surface area (Å²) in [6.45, 7) is 3.27. The lowest BCUT2D eigenvalue weighted by atomic mass is 10.2. The van der Waals surface area contributed by atoms with E-state index in [1.807, 2.05) is 37.3 Å². The standard InChI is InChI=1S/C13H17NO3S/c1-9(18-11-7-5-4-6-8-11)12(13(16)17-3)14-10(2)15/h4-9,12H,1-3H3,(H,14,15)/t9-,12+/m0/s1. The van der Waals surface area contributed by atoms with Crippen LogP contribution in [0.3, 0.4) is 0 Å². The maximum absolute atomic E-state index is 11.6. The van der Waals surface area contributed by atoms with E-state index in [0.717, 1.165) is 4.90 Å². The highest BCUT2D eigenvalue weighted by molar-refractivity contribution is 8.00. The molecule has 0 saturated carbocycles. The molecule has 0 aliphatic heterocycles. The number of carbonyl (C=O) groups excluding carboxylic acids is 2. The summed E-state index contributed by atoms with van der Waals surface area (Å²) in [6, 6.07) is 9.08. The van der Waals surface area contributed by atoms with Crippen LogP contribution >= 0.6 is 11.8 Å². The minimum atomic E-state index is -0.641. The molecule has 4 nitrogen and oxygen atoms in total. The maximum Gasteiger partial charge on any atom is 0.329 e. The Bertz CT molecular complexity index is 408. The summed E-state index contributed by atoms with van der Waals surface area (Å²) >= 11 is 1.52. The van der Waals surface area contributed by atoms with Gasteiger partial charge in [-0.1, -0.05) is 25.1 Å². The maximum atomic E-state index is 11.6. The van der Waals surface area contributed by atoms with Gasteiger partial charge in [0.1, 0.15) is 6.04 Å². The Morgan fingerprint density at radius 1 is 1.28 bits per heavy atom. The summed E-state index contributed by atoms with van der Waals surface area (Å²) in [5, 5.41) is 2.51. The largest absolute Gasteiger partial charge is 0.467 e. The summed E-state index contributed by atoms with van der Waals surface area (Å²) in [6.07, 6.45) is 0. The van der Waals surface area contributed by atoms with E-state index >= 15 is 0 Å². The molecule has 0 heterocycles. The van der Waals surface area contributed by atoms with E-state index in [4.69, 9.17) is 4.74 Å². The second-order valence-electron chi connectivity index (χ2n) is 3.84. The van der Waals surface area contributed by atoms with Crippen molar-refractivity contribution in [2.75, 3.05) is 7.11 Å². The average Bonchev–Trinajstić information content (AvgIpc) is 2.36. The molecule has 5 heteroatoms. The normalized spacial score (nSPS) is 13.5. The number of methoxy groups -OCH3 is 1. The fraction of sp³-hybridized carbons (Fsp3) is 0.385. The molecule has 0 saturated heterocycles. The monoisotopic (exact) mass is 267 g/mol. The van der Waals surface area contributed by atoms with Crippen molar-refractivity contribution in [2.24, 2.45) is 0 Å². The van der Waals surface area contributed by atoms with Crippen molar-refractivity contribution in [1.29, 1.82) is 0 Å². The van der Waals surface area contributed by atoms with Crippen LogP contribution in [0.1, 0.15) is 13.8 Å². The van der Waals surface area contributed by atoms with Crippen molar-refractivity contribution in [3.05, 3.63) is 30.3 Å². The van der Waals surface area contributed by atoms with Gasteiger partial charge in [0.05, 0.1) is 7.11 Å². The zero-order valence-corrected chi connectivity index (χ0v) is 11.5. The summed E-state index contributed by atoms with van der Waals surface area (Å²) < 4.78 is 4.71. The van der Waals surface area contributed by atoms with Gasteiger partial charge in [-0.3, -0.25) is 4.79 Å². The molecule has 0 fully saturated rings. The van der Waals surface area contributed by atoms with E-state index < -0.39 is 12.0 Å². The third-order valence-corrected chi connectivity index (χ3v) is 3.54. The summed E-state index contributed by atoms with van der Waals surface area (Å²) in [5.41, 5.74) is 0. The van der Waals surface area contributed by atoms with Crippen LogP contribution in [-0.4, -0.2) is 30.3 Å². The Kier molecular flexibility index (Phi) is 5.71. The van der Waals surface area contributed by atoms with Gasteiger partial charge in [0.25, 0.3) is 0 Å². The van der Waals surface area contributed by atoms with E-state index in [-0.39, 0.29) is 11.2 Å². The third-order valence-electron chi connectivity index (χ3n) is 2.35. The fourth-order valence-corrected chi connectivity index (χ4v) is 2.55. The van der Waals surface area contributed by atoms with E-state index in [0.29, 0.717) is 0 Å². The Hall–Kier alpha value is -1.49. The quantitative estimate of drug-likeness (QED) is 0.653. The van der Waals surface area contributed by atoms with Crippen molar-refractivity contribution in [1.82, 2.24) is 5.32 Å². The van der Waals surface area contributed by atoms with Gasteiger partial charge in [0.2, 0.25) is 5.91 Å². The summed E-state index contributed by atoms with van der Waals surface area (Å²) in [7, 11) is 1.32. The number of rotatable bonds is 5. The molecule has 1 amide bonds. The molecule has 98 valence electrons. The van der Waals surface area contributed by atoms with Gasteiger partial charge >= 0.3 is 5.97 Å². The minimum absolute atomic E-state index is 0.108.